The lowest BCUT2D eigenvalue weighted by atomic mass is 10.1. The molecule has 0 atom stereocenters. The van der Waals surface area contributed by atoms with E-state index in [1.54, 1.807) is 6.20 Å². The van der Waals surface area contributed by atoms with Crippen molar-refractivity contribution in [3.05, 3.63) is 34.4 Å². The summed E-state index contributed by atoms with van der Waals surface area (Å²) in [6.07, 6.45) is 1.72. The molecule has 1 heterocycles. The predicted octanol–water partition coefficient (Wildman–Crippen LogP) is 2.89. The molecule has 0 aliphatic rings. The first-order valence-corrected chi connectivity index (χ1v) is 4.79. The minimum Gasteiger partial charge on any atom is -0.398 e. The van der Waals surface area contributed by atoms with Gasteiger partial charge in [-0.25, -0.2) is 0 Å². The molecule has 0 fully saturated rings. The SMILES string of the molecule is Cc1ccc(Br)c2nccc(N)c12. The molecule has 0 aliphatic carbocycles. The molecule has 66 valence electrons. The Morgan fingerprint density at radius 3 is 2.77 bits per heavy atom. The smallest absolute Gasteiger partial charge is 0.0867 e. The Balaban J connectivity index is 3.00. The topological polar surface area (TPSA) is 38.9 Å². The lowest BCUT2D eigenvalue weighted by molar-refractivity contribution is 1.38. The minimum atomic E-state index is 0.781. The van der Waals surface area contributed by atoms with Crippen LogP contribution in [0.25, 0.3) is 10.9 Å². The van der Waals surface area contributed by atoms with E-state index in [4.69, 9.17) is 5.73 Å². The molecule has 2 aromatic rings. The van der Waals surface area contributed by atoms with E-state index in [9.17, 15) is 0 Å². The highest BCUT2D eigenvalue weighted by Gasteiger charge is 2.04. The van der Waals surface area contributed by atoms with E-state index in [1.165, 1.54) is 0 Å². The molecule has 3 heteroatoms. The fourth-order valence-electron chi connectivity index (χ4n) is 1.43. The van der Waals surface area contributed by atoms with Gasteiger partial charge in [-0.3, -0.25) is 4.98 Å². The summed E-state index contributed by atoms with van der Waals surface area (Å²) < 4.78 is 0.986. The minimum absolute atomic E-state index is 0.781. The molecule has 0 saturated heterocycles. The number of fused-ring (bicyclic) bond motifs is 1. The second-order valence-electron chi connectivity index (χ2n) is 2.99. The Morgan fingerprint density at radius 1 is 1.31 bits per heavy atom. The molecule has 2 N–H and O–H groups in total. The van der Waals surface area contributed by atoms with Gasteiger partial charge in [-0.15, -0.1) is 0 Å². The Bertz CT molecular complexity index is 457. The number of nitrogen functional groups attached to an aromatic ring is 1. The Kier molecular flexibility index (Phi) is 1.96. The molecule has 1 aromatic heterocycles. The van der Waals surface area contributed by atoms with Crippen LogP contribution in [0.4, 0.5) is 5.69 Å². The van der Waals surface area contributed by atoms with Crippen LogP contribution in [0, 0.1) is 6.92 Å². The maximum atomic E-state index is 5.87. The predicted molar refractivity (Wildman–Crippen MR) is 58.6 cm³/mol. The Hall–Kier alpha value is -1.09. The molecule has 0 radical (unpaired) electrons. The third-order valence-corrected chi connectivity index (χ3v) is 2.72. The summed E-state index contributed by atoms with van der Waals surface area (Å²) in [5.74, 6) is 0. The summed E-state index contributed by atoms with van der Waals surface area (Å²) in [4.78, 5) is 4.28. The monoisotopic (exact) mass is 236 g/mol. The zero-order valence-corrected chi connectivity index (χ0v) is 8.80. The van der Waals surface area contributed by atoms with E-state index in [0.717, 1.165) is 26.6 Å². The number of nitrogens with zero attached hydrogens (tertiary/aromatic N) is 1. The van der Waals surface area contributed by atoms with Gasteiger partial charge in [-0.05, 0) is 40.5 Å². The quantitative estimate of drug-likeness (QED) is 0.765. The number of hydrogen-bond acceptors (Lipinski definition) is 2. The summed E-state index contributed by atoms with van der Waals surface area (Å²) in [7, 11) is 0. The maximum absolute atomic E-state index is 5.87. The maximum Gasteiger partial charge on any atom is 0.0867 e. The van der Waals surface area contributed by atoms with Crippen molar-refractivity contribution in [2.45, 2.75) is 6.92 Å². The Labute approximate surface area is 84.9 Å². The van der Waals surface area contributed by atoms with Crippen LogP contribution in [-0.4, -0.2) is 4.98 Å². The van der Waals surface area contributed by atoms with Crippen LogP contribution < -0.4 is 5.73 Å². The van der Waals surface area contributed by atoms with Gasteiger partial charge in [0.05, 0.1) is 5.52 Å². The van der Waals surface area contributed by atoms with E-state index >= 15 is 0 Å². The van der Waals surface area contributed by atoms with E-state index in [1.807, 2.05) is 25.1 Å². The number of benzene rings is 1. The number of halogens is 1. The molecular formula is C10H9BrN2. The molecule has 1 aromatic carbocycles. The Morgan fingerprint density at radius 2 is 2.08 bits per heavy atom. The number of anilines is 1. The molecule has 0 unspecified atom stereocenters. The highest BCUT2D eigenvalue weighted by molar-refractivity contribution is 9.10. The van der Waals surface area contributed by atoms with Crippen molar-refractivity contribution in [2.75, 3.05) is 5.73 Å². The number of aromatic nitrogens is 1. The fourth-order valence-corrected chi connectivity index (χ4v) is 1.87. The van der Waals surface area contributed by atoms with Crippen LogP contribution in [0.15, 0.2) is 28.9 Å². The summed E-state index contributed by atoms with van der Waals surface area (Å²) in [6, 6.07) is 5.84. The molecule has 2 nitrogen and oxygen atoms in total. The summed E-state index contributed by atoms with van der Waals surface area (Å²) >= 11 is 3.45. The molecule has 0 spiro atoms. The van der Waals surface area contributed by atoms with Crippen LogP contribution in [0.1, 0.15) is 5.56 Å². The molecule has 13 heavy (non-hydrogen) atoms. The summed E-state index contributed by atoms with van der Waals surface area (Å²) in [5.41, 5.74) is 8.73. The van der Waals surface area contributed by atoms with Gasteiger partial charge in [0.2, 0.25) is 0 Å². The first-order valence-electron chi connectivity index (χ1n) is 3.99. The van der Waals surface area contributed by atoms with Crippen molar-refractivity contribution < 1.29 is 0 Å². The number of rotatable bonds is 0. The lowest BCUT2D eigenvalue weighted by Gasteiger charge is -2.05. The van der Waals surface area contributed by atoms with Gasteiger partial charge in [0.25, 0.3) is 0 Å². The largest absolute Gasteiger partial charge is 0.398 e. The van der Waals surface area contributed by atoms with Crippen LogP contribution in [0.2, 0.25) is 0 Å². The van der Waals surface area contributed by atoms with E-state index < -0.39 is 0 Å². The molecule has 0 aliphatic heterocycles. The third kappa shape index (κ3) is 1.29. The molecular weight excluding hydrogens is 228 g/mol. The molecule has 0 amide bonds. The van der Waals surface area contributed by atoms with Crippen molar-refractivity contribution in [1.29, 1.82) is 0 Å². The number of nitrogens with two attached hydrogens (primary N) is 1. The van der Waals surface area contributed by atoms with Crippen molar-refractivity contribution >= 4 is 32.5 Å². The van der Waals surface area contributed by atoms with E-state index in [2.05, 4.69) is 20.9 Å². The average molecular weight is 237 g/mol. The standard InChI is InChI=1S/C10H9BrN2/c1-6-2-3-7(11)10-9(6)8(12)4-5-13-10/h2-5H,1H3,(H2,12,13). The van der Waals surface area contributed by atoms with Gasteiger partial charge in [0.15, 0.2) is 0 Å². The number of aryl methyl sites for hydroxylation is 1. The van der Waals surface area contributed by atoms with Crippen LogP contribution in [0.5, 0.6) is 0 Å². The van der Waals surface area contributed by atoms with Crippen molar-refractivity contribution in [3.63, 3.8) is 0 Å². The van der Waals surface area contributed by atoms with Crippen LogP contribution in [0.3, 0.4) is 0 Å². The molecule has 0 bridgehead atoms. The van der Waals surface area contributed by atoms with Crippen molar-refractivity contribution in [2.24, 2.45) is 0 Å². The highest BCUT2D eigenvalue weighted by Crippen LogP contribution is 2.28. The third-order valence-electron chi connectivity index (χ3n) is 2.08. The van der Waals surface area contributed by atoms with Gasteiger partial charge in [0, 0.05) is 21.7 Å². The molecule has 0 saturated carbocycles. The van der Waals surface area contributed by atoms with E-state index in [0.29, 0.717) is 0 Å². The van der Waals surface area contributed by atoms with Gasteiger partial charge >= 0.3 is 0 Å². The van der Waals surface area contributed by atoms with Gasteiger partial charge < -0.3 is 5.73 Å². The van der Waals surface area contributed by atoms with Gasteiger partial charge in [-0.1, -0.05) is 6.07 Å². The first-order chi connectivity index (χ1) is 6.20. The molecule has 2 rings (SSSR count). The van der Waals surface area contributed by atoms with Crippen LogP contribution in [-0.2, 0) is 0 Å². The second kappa shape index (κ2) is 3.00. The van der Waals surface area contributed by atoms with Crippen molar-refractivity contribution in [1.82, 2.24) is 4.98 Å². The number of pyridine rings is 1. The second-order valence-corrected chi connectivity index (χ2v) is 3.84. The average Bonchev–Trinajstić information content (AvgIpc) is 2.12. The summed E-state index contributed by atoms with van der Waals surface area (Å²) in [6.45, 7) is 2.03. The van der Waals surface area contributed by atoms with Crippen LogP contribution >= 0.6 is 15.9 Å². The van der Waals surface area contributed by atoms with E-state index in [-0.39, 0.29) is 0 Å². The fraction of sp³-hybridized carbons (Fsp3) is 0.100. The lowest BCUT2D eigenvalue weighted by Crippen LogP contribution is -1.91. The zero-order chi connectivity index (χ0) is 9.42. The zero-order valence-electron chi connectivity index (χ0n) is 7.21. The van der Waals surface area contributed by atoms with Crippen molar-refractivity contribution in [3.8, 4) is 0 Å². The normalized spacial score (nSPS) is 10.6. The summed E-state index contributed by atoms with van der Waals surface area (Å²) in [5, 5.41) is 1.04. The number of hydrogen-bond donors (Lipinski definition) is 1. The first kappa shape index (κ1) is 8.51. The van der Waals surface area contributed by atoms with Gasteiger partial charge in [0.1, 0.15) is 0 Å². The van der Waals surface area contributed by atoms with Gasteiger partial charge in [-0.2, -0.15) is 0 Å². The highest BCUT2D eigenvalue weighted by atomic mass is 79.9.